The summed E-state index contributed by atoms with van der Waals surface area (Å²) in [7, 11) is 0. The number of nitrogens with zero attached hydrogens (tertiary/aromatic N) is 4. The lowest BCUT2D eigenvalue weighted by Crippen LogP contribution is -2.04. The van der Waals surface area contributed by atoms with E-state index < -0.39 is 0 Å². The minimum atomic E-state index is 0.802. The zero-order chi connectivity index (χ0) is 36.7. The van der Waals surface area contributed by atoms with Gasteiger partial charge in [-0.2, -0.15) is 0 Å². The molecule has 0 amide bonds. The molecule has 4 heteroatoms. The third-order valence-electron chi connectivity index (χ3n) is 11.4. The number of aromatic nitrogens is 4. The van der Waals surface area contributed by atoms with Gasteiger partial charge in [-0.25, -0.2) is 9.97 Å². The van der Waals surface area contributed by atoms with E-state index in [9.17, 15) is 0 Å². The Balaban J connectivity index is 1.20. The number of para-hydroxylation sites is 4. The quantitative estimate of drug-likeness (QED) is 0.182. The van der Waals surface area contributed by atoms with E-state index in [4.69, 9.17) is 9.97 Å². The summed E-state index contributed by atoms with van der Waals surface area (Å²) in [5, 5.41) is 9.65. The fourth-order valence-corrected chi connectivity index (χ4v) is 8.89. The van der Waals surface area contributed by atoms with E-state index in [1.165, 1.54) is 59.7 Å². The van der Waals surface area contributed by atoms with Crippen LogP contribution in [0.2, 0.25) is 0 Å². The van der Waals surface area contributed by atoms with Crippen molar-refractivity contribution in [3.05, 3.63) is 194 Å². The van der Waals surface area contributed by atoms with Gasteiger partial charge < -0.3 is 4.57 Å². The molecule has 0 radical (unpaired) electrons. The lowest BCUT2D eigenvalue weighted by molar-refractivity contribution is 1.08. The number of hydrogen-bond acceptors (Lipinski definition) is 2. The molecule has 0 saturated carbocycles. The molecule has 4 nitrogen and oxygen atoms in total. The summed E-state index contributed by atoms with van der Waals surface area (Å²) in [5.74, 6) is 0.802. The first kappa shape index (κ1) is 30.9. The second-order valence-corrected chi connectivity index (χ2v) is 14.6. The van der Waals surface area contributed by atoms with Gasteiger partial charge in [-0.15, -0.1) is 0 Å². The summed E-state index contributed by atoms with van der Waals surface area (Å²) < 4.78 is 4.72. The Hall–Kier alpha value is -7.56. The molecule has 0 fully saturated rings. The van der Waals surface area contributed by atoms with Crippen LogP contribution in [0.5, 0.6) is 0 Å². The fraction of sp³-hybridized carbons (Fsp3) is 0. The average molecular weight is 713 g/mol. The maximum Gasteiger partial charge on any atom is 0.165 e. The maximum atomic E-state index is 5.51. The van der Waals surface area contributed by atoms with Crippen LogP contribution in [0.3, 0.4) is 0 Å². The van der Waals surface area contributed by atoms with Crippen molar-refractivity contribution in [2.24, 2.45) is 0 Å². The molecule has 3 aromatic heterocycles. The third kappa shape index (κ3) is 4.60. The molecule has 260 valence electrons. The van der Waals surface area contributed by atoms with Gasteiger partial charge in [-0.1, -0.05) is 133 Å². The first-order chi connectivity index (χ1) is 27.8. The third-order valence-corrected chi connectivity index (χ3v) is 11.4. The largest absolute Gasteiger partial charge is 0.309 e. The van der Waals surface area contributed by atoms with Gasteiger partial charge in [-0.05, 0) is 93.3 Å². The number of benzene rings is 9. The average Bonchev–Trinajstić information content (AvgIpc) is 3.77. The maximum absolute atomic E-state index is 5.51. The van der Waals surface area contributed by atoms with Gasteiger partial charge in [0.2, 0.25) is 0 Å². The molecule has 0 unspecified atom stereocenters. The first-order valence-electron chi connectivity index (χ1n) is 19.1. The molecule has 0 saturated heterocycles. The van der Waals surface area contributed by atoms with Crippen LogP contribution in [0, 0.1) is 0 Å². The summed E-state index contributed by atoms with van der Waals surface area (Å²) in [4.78, 5) is 11.0. The highest BCUT2D eigenvalue weighted by Crippen LogP contribution is 2.43. The molecular formula is C52H32N4. The standard InChI is InChI=1S/C52H32N4/c1-2-17-39(18-3-1)55-46-23-11-8-19-41(46)42-28-27-38(32-48(42)55)51-52(54-45-22-10-9-21-44(45)53-51)56-47-24-12-20-40(37-26-25-33-13-4-5-14-34(33)29-37)50(47)43-30-35-15-6-7-16-36(35)31-49(43)56/h1-32H. The Bertz CT molecular complexity index is 3540. The SMILES string of the molecule is c1ccc(-n2c3ccccc3c3ccc(-c4nc5ccccc5nc4-n4c5cc6ccccc6cc5c5c(-c6ccc7ccccc7c6)cccc54)cc32)cc1. The van der Waals surface area contributed by atoms with E-state index in [1.54, 1.807) is 0 Å². The zero-order valence-corrected chi connectivity index (χ0v) is 30.3. The lowest BCUT2D eigenvalue weighted by Gasteiger charge is -2.15. The Labute approximate surface area is 322 Å². The normalized spacial score (nSPS) is 11.9. The Morgan fingerprint density at radius 3 is 1.80 bits per heavy atom. The van der Waals surface area contributed by atoms with E-state index in [-0.39, 0.29) is 0 Å². The van der Waals surface area contributed by atoms with Crippen molar-refractivity contribution in [2.45, 2.75) is 0 Å². The van der Waals surface area contributed by atoms with Gasteiger partial charge in [0.25, 0.3) is 0 Å². The molecule has 3 heterocycles. The second-order valence-electron chi connectivity index (χ2n) is 14.6. The minimum Gasteiger partial charge on any atom is -0.309 e. The molecular weight excluding hydrogens is 681 g/mol. The number of hydrogen-bond donors (Lipinski definition) is 0. The molecule has 0 spiro atoms. The lowest BCUT2D eigenvalue weighted by atomic mass is 9.96. The molecule has 0 atom stereocenters. The summed E-state index contributed by atoms with van der Waals surface area (Å²) in [6.45, 7) is 0. The van der Waals surface area contributed by atoms with Crippen LogP contribution in [0.4, 0.5) is 0 Å². The van der Waals surface area contributed by atoms with Crippen LogP contribution in [0.15, 0.2) is 194 Å². The molecule has 0 aliphatic rings. The molecule has 9 aromatic carbocycles. The fourth-order valence-electron chi connectivity index (χ4n) is 8.89. The molecule has 12 aromatic rings. The van der Waals surface area contributed by atoms with Crippen molar-refractivity contribution in [3.8, 4) is 33.9 Å². The van der Waals surface area contributed by atoms with Crippen molar-refractivity contribution >= 4 is 76.2 Å². The molecule has 0 aliphatic carbocycles. The Morgan fingerprint density at radius 1 is 0.339 bits per heavy atom. The van der Waals surface area contributed by atoms with Crippen molar-refractivity contribution in [2.75, 3.05) is 0 Å². The molecule has 0 aliphatic heterocycles. The van der Waals surface area contributed by atoms with Crippen LogP contribution >= 0.6 is 0 Å². The summed E-state index contributed by atoms with van der Waals surface area (Å²) in [6, 6.07) is 69.7. The predicted molar refractivity (Wildman–Crippen MR) is 234 cm³/mol. The monoisotopic (exact) mass is 712 g/mol. The Morgan fingerprint density at radius 2 is 0.964 bits per heavy atom. The minimum absolute atomic E-state index is 0.802. The first-order valence-corrected chi connectivity index (χ1v) is 19.1. The van der Waals surface area contributed by atoms with Gasteiger partial charge in [0.05, 0.1) is 33.1 Å². The van der Waals surface area contributed by atoms with E-state index in [0.29, 0.717) is 0 Å². The van der Waals surface area contributed by atoms with Crippen LogP contribution < -0.4 is 0 Å². The van der Waals surface area contributed by atoms with Crippen LogP contribution in [-0.4, -0.2) is 19.1 Å². The van der Waals surface area contributed by atoms with Crippen LogP contribution in [-0.2, 0) is 0 Å². The smallest absolute Gasteiger partial charge is 0.165 e. The molecule has 12 rings (SSSR count). The van der Waals surface area contributed by atoms with Gasteiger partial charge in [0, 0.05) is 32.8 Å². The highest BCUT2D eigenvalue weighted by atomic mass is 15.1. The topological polar surface area (TPSA) is 35.6 Å². The Kier molecular flexibility index (Phi) is 6.60. The van der Waals surface area contributed by atoms with Crippen LogP contribution in [0.1, 0.15) is 0 Å². The molecule has 56 heavy (non-hydrogen) atoms. The summed E-state index contributed by atoms with van der Waals surface area (Å²) in [5.41, 5.74) is 11.5. The second kappa shape index (κ2) is 12.0. The van der Waals surface area contributed by atoms with E-state index >= 15 is 0 Å². The molecule has 0 bridgehead atoms. The molecule has 0 N–H and O–H groups in total. The van der Waals surface area contributed by atoms with Gasteiger partial charge in [0.1, 0.15) is 5.69 Å². The van der Waals surface area contributed by atoms with E-state index in [0.717, 1.165) is 50.3 Å². The highest BCUT2D eigenvalue weighted by Gasteiger charge is 2.23. The van der Waals surface area contributed by atoms with Crippen molar-refractivity contribution in [1.29, 1.82) is 0 Å². The van der Waals surface area contributed by atoms with E-state index in [1.807, 2.05) is 12.1 Å². The highest BCUT2D eigenvalue weighted by molar-refractivity contribution is 6.19. The summed E-state index contributed by atoms with van der Waals surface area (Å²) in [6.07, 6.45) is 0. The number of rotatable bonds is 4. The summed E-state index contributed by atoms with van der Waals surface area (Å²) >= 11 is 0. The number of fused-ring (bicyclic) bond motifs is 9. The van der Waals surface area contributed by atoms with Gasteiger partial charge in [0.15, 0.2) is 5.82 Å². The zero-order valence-electron chi connectivity index (χ0n) is 30.3. The van der Waals surface area contributed by atoms with Crippen molar-refractivity contribution in [3.63, 3.8) is 0 Å². The van der Waals surface area contributed by atoms with Crippen LogP contribution in [0.25, 0.3) is 110 Å². The predicted octanol–water partition coefficient (Wildman–Crippen LogP) is 13.5. The van der Waals surface area contributed by atoms with Crippen molar-refractivity contribution < 1.29 is 0 Å². The van der Waals surface area contributed by atoms with Crippen molar-refractivity contribution in [1.82, 2.24) is 19.1 Å². The van der Waals surface area contributed by atoms with E-state index in [2.05, 4.69) is 191 Å². The van der Waals surface area contributed by atoms with Gasteiger partial charge in [-0.3, -0.25) is 4.57 Å². The van der Waals surface area contributed by atoms with Gasteiger partial charge >= 0.3 is 0 Å².